The molecule has 0 bridgehead atoms. The topological polar surface area (TPSA) is 92.5 Å². The van der Waals surface area contributed by atoms with Crippen molar-refractivity contribution in [1.29, 1.82) is 0 Å². The van der Waals surface area contributed by atoms with Crippen LogP contribution in [0.3, 0.4) is 0 Å². The van der Waals surface area contributed by atoms with Crippen molar-refractivity contribution < 1.29 is 4.74 Å². The summed E-state index contributed by atoms with van der Waals surface area (Å²) in [6, 6.07) is 17.6. The third kappa shape index (κ3) is 3.72. The summed E-state index contributed by atoms with van der Waals surface area (Å²) < 4.78 is 5.85. The summed E-state index contributed by atoms with van der Waals surface area (Å²) >= 11 is 0. The molecule has 1 atom stereocenters. The Morgan fingerprint density at radius 2 is 1.65 bits per heavy atom. The van der Waals surface area contributed by atoms with Gasteiger partial charge in [-0.1, -0.05) is 18.2 Å². The molecule has 0 spiro atoms. The number of benzene rings is 2. The van der Waals surface area contributed by atoms with Crippen LogP contribution in [0.2, 0.25) is 0 Å². The molecule has 1 aliphatic rings. The number of guanidine groups is 2. The van der Waals surface area contributed by atoms with E-state index in [1.807, 2.05) is 66.4 Å². The molecule has 136 valence electrons. The first kappa shape index (κ1) is 17.6. The fourth-order valence-corrected chi connectivity index (χ4v) is 2.89. The van der Waals surface area contributed by atoms with Gasteiger partial charge in [0, 0.05) is 18.8 Å². The summed E-state index contributed by atoms with van der Waals surface area (Å²) in [5, 5.41) is 0. The minimum atomic E-state index is -0.316. The second-order valence-electron chi connectivity index (χ2n) is 5.78. The van der Waals surface area contributed by atoms with Crippen molar-refractivity contribution in [2.45, 2.75) is 20.1 Å². The third-order valence-electron chi connectivity index (χ3n) is 4.16. The van der Waals surface area contributed by atoms with Gasteiger partial charge in [0.25, 0.3) is 0 Å². The van der Waals surface area contributed by atoms with Gasteiger partial charge in [0.15, 0.2) is 0 Å². The van der Waals surface area contributed by atoms with Gasteiger partial charge in [0.2, 0.25) is 18.2 Å². The molecule has 0 aromatic heterocycles. The molecule has 1 unspecified atom stereocenters. The van der Waals surface area contributed by atoms with Crippen LogP contribution >= 0.6 is 0 Å². The van der Waals surface area contributed by atoms with E-state index in [-0.39, 0.29) is 12.2 Å². The Morgan fingerprint density at radius 3 is 2.27 bits per heavy atom. The van der Waals surface area contributed by atoms with Crippen LogP contribution in [0.1, 0.15) is 13.8 Å². The Bertz CT molecular complexity index is 787. The fourth-order valence-electron chi connectivity index (χ4n) is 2.89. The molecule has 0 saturated carbocycles. The molecule has 0 aliphatic carbocycles. The first-order valence-electron chi connectivity index (χ1n) is 8.66. The zero-order valence-corrected chi connectivity index (χ0v) is 15.0. The Morgan fingerprint density at radius 1 is 1.00 bits per heavy atom. The average molecular weight is 352 g/mol. The van der Waals surface area contributed by atoms with Crippen molar-refractivity contribution in [3.05, 3.63) is 54.6 Å². The highest BCUT2D eigenvalue weighted by Crippen LogP contribution is 2.26. The van der Waals surface area contributed by atoms with E-state index in [0.717, 1.165) is 23.7 Å². The van der Waals surface area contributed by atoms with Crippen LogP contribution < -0.4 is 21.1 Å². The summed E-state index contributed by atoms with van der Waals surface area (Å²) in [6.07, 6.45) is -0.316. The van der Waals surface area contributed by atoms with Crippen LogP contribution in [-0.2, 0) is 0 Å². The summed E-state index contributed by atoms with van der Waals surface area (Å²) in [7, 11) is 0. The Kier molecular flexibility index (Phi) is 5.26. The Balaban J connectivity index is 1.81. The molecular weight excluding hydrogens is 328 g/mol. The quantitative estimate of drug-likeness (QED) is 0.833. The van der Waals surface area contributed by atoms with Crippen molar-refractivity contribution >= 4 is 17.6 Å². The standard InChI is InChI=1S/C19H24N6O/c1-3-24(19-23-17(20)22-18(21)25(19)4-2)14-10-12-16(13-11-14)26-15-8-6-5-7-9-15/h5-13,19H,3-4H2,1-2H3,(H4,20,21,22,23). The predicted molar refractivity (Wildman–Crippen MR) is 105 cm³/mol. The lowest BCUT2D eigenvalue weighted by Gasteiger charge is -2.39. The third-order valence-corrected chi connectivity index (χ3v) is 4.16. The SMILES string of the molecule is CCN1C(N)=NC(N)=NC1N(CC)c1ccc(Oc2ccccc2)cc1. The van der Waals surface area contributed by atoms with Crippen LogP contribution in [-0.4, -0.2) is 36.2 Å². The molecule has 1 aliphatic heterocycles. The molecule has 2 aromatic carbocycles. The number of nitrogens with zero attached hydrogens (tertiary/aromatic N) is 4. The van der Waals surface area contributed by atoms with Crippen molar-refractivity contribution in [2.24, 2.45) is 21.5 Å². The molecule has 0 amide bonds. The summed E-state index contributed by atoms with van der Waals surface area (Å²) in [5.41, 5.74) is 12.8. The Hall–Kier alpha value is -3.22. The highest BCUT2D eigenvalue weighted by molar-refractivity contribution is 5.95. The molecular formula is C19H24N6O. The molecule has 3 rings (SSSR count). The van der Waals surface area contributed by atoms with E-state index >= 15 is 0 Å². The number of nitrogens with two attached hydrogens (primary N) is 2. The van der Waals surface area contributed by atoms with Crippen LogP contribution in [0.25, 0.3) is 0 Å². The number of anilines is 1. The van der Waals surface area contributed by atoms with E-state index < -0.39 is 0 Å². The average Bonchev–Trinajstić information content (AvgIpc) is 2.64. The smallest absolute Gasteiger partial charge is 0.222 e. The minimum absolute atomic E-state index is 0.194. The van der Waals surface area contributed by atoms with Gasteiger partial charge in [-0.3, -0.25) is 0 Å². The Labute approximate surface area is 153 Å². The van der Waals surface area contributed by atoms with Gasteiger partial charge >= 0.3 is 0 Å². The van der Waals surface area contributed by atoms with Crippen molar-refractivity contribution in [3.8, 4) is 11.5 Å². The molecule has 7 nitrogen and oxygen atoms in total. The van der Waals surface area contributed by atoms with Crippen molar-refractivity contribution in [3.63, 3.8) is 0 Å². The maximum Gasteiger partial charge on any atom is 0.222 e. The maximum absolute atomic E-state index is 6.02. The molecule has 0 saturated heterocycles. The molecule has 1 heterocycles. The molecule has 2 aromatic rings. The molecule has 4 N–H and O–H groups in total. The van der Waals surface area contributed by atoms with E-state index in [4.69, 9.17) is 16.2 Å². The maximum atomic E-state index is 6.02. The highest BCUT2D eigenvalue weighted by Gasteiger charge is 2.28. The number of hydrogen-bond acceptors (Lipinski definition) is 7. The van der Waals surface area contributed by atoms with E-state index in [2.05, 4.69) is 21.8 Å². The first-order valence-corrected chi connectivity index (χ1v) is 8.66. The van der Waals surface area contributed by atoms with Gasteiger partial charge in [0.1, 0.15) is 11.5 Å². The summed E-state index contributed by atoms with van der Waals surface area (Å²) in [4.78, 5) is 12.6. The van der Waals surface area contributed by atoms with Crippen molar-refractivity contribution in [2.75, 3.05) is 18.0 Å². The highest BCUT2D eigenvalue weighted by atomic mass is 16.5. The van der Waals surface area contributed by atoms with Crippen molar-refractivity contribution in [1.82, 2.24) is 4.90 Å². The number of aliphatic imine (C=N–C) groups is 2. The number of rotatable bonds is 6. The van der Waals surface area contributed by atoms with Gasteiger partial charge in [-0.2, -0.15) is 4.99 Å². The minimum Gasteiger partial charge on any atom is -0.457 e. The largest absolute Gasteiger partial charge is 0.457 e. The van der Waals surface area contributed by atoms with E-state index in [1.165, 1.54) is 0 Å². The molecule has 7 heteroatoms. The van der Waals surface area contributed by atoms with Gasteiger partial charge in [0.05, 0.1) is 0 Å². The van der Waals surface area contributed by atoms with Gasteiger partial charge in [-0.15, -0.1) is 0 Å². The lowest BCUT2D eigenvalue weighted by atomic mass is 10.2. The number of hydrogen-bond donors (Lipinski definition) is 2. The van der Waals surface area contributed by atoms with Crippen LogP contribution in [0.4, 0.5) is 5.69 Å². The second kappa shape index (κ2) is 7.77. The molecule has 26 heavy (non-hydrogen) atoms. The van der Waals surface area contributed by atoms with E-state index in [0.29, 0.717) is 12.5 Å². The van der Waals surface area contributed by atoms with Crippen LogP contribution in [0, 0.1) is 0 Å². The van der Waals surface area contributed by atoms with Gasteiger partial charge in [-0.25, -0.2) is 4.99 Å². The number of para-hydroxylation sites is 1. The summed E-state index contributed by atoms with van der Waals surface area (Å²) in [6.45, 7) is 5.50. The van der Waals surface area contributed by atoms with Gasteiger partial charge in [-0.05, 0) is 50.2 Å². The molecule has 0 radical (unpaired) electrons. The molecule has 0 fully saturated rings. The zero-order chi connectivity index (χ0) is 18.5. The van der Waals surface area contributed by atoms with Crippen LogP contribution in [0.15, 0.2) is 64.6 Å². The summed E-state index contributed by atoms with van der Waals surface area (Å²) in [5.74, 6) is 2.15. The number of ether oxygens (including phenoxy) is 1. The second-order valence-corrected chi connectivity index (χ2v) is 5.78. The van der Waals surface area contributed by atoms with Gasteiger partial charge < -0.3 is 26.0 Å². The lowest BCUT2D eigenvalue weighted by molar-refractivity contribution is 0.313. The van der Waals surface area contributed by atoms with E-state index in [9.17, 15) is 0 Å². The predicted octanol–water partition coefficient (Wildman–Crippen LogP) is 2.55. The first-order chi connectivity index (χ1) is 12.6. The van der Waals surface area contributed by atoms with E-state index in [1.54, 1.807) is 0 Å². The lowest BCUT2D eigenvalue weighted by Crippen LogP contribution is -2.55. The van der Waals surface area contributed by atoms with Crippen LogP contribution in [0.5, 0.6) is 11.5 Å². The fraction of sp³-hybridized carbons (Fsp3) is 0.263. The normalized spacial score (nSPS) is 16.7. The monoisotopic (exact) mass is 352 g/mol. The zero-order valence-electron chi connectivity index (χ0n) is 15.0.